The Hall–Kier alpha value is -1.74. The summed E-state index contributed by atoms with van der Waals surface area (Å²) in [6.45, 7) is 4.17. The molecule has 0 saturated carbocycles. The van der Waals surface area contributed by atoms with Crippen LogP contribution in [0.1, 0.15) is 30.8 Å². The number of benzene rings is 1. The zero-order chi connectivity index (χ0) is 12.3. The molecule has 0 fully saturated rings. The van der Waals surface area contributed by atoms with Crippen molar-refractivity contribution >= 4 is 0 Å². The normalized spacial score (nSPS) is 11.5. The molecule has 0 bridgehead atoms. The van der Waals surface area contributed by atoms with Crippen LogP contribution in [0.25, 0.3) is 0 Å². The van der Waals surface area contributed by atoms with Gasteiger partial charge in [0.15, 0.2) is 0 Å². The highest BCUT2D eigenvalue weighted by molar-refractivity contribution is 5.30. The second-order valence-corrected chi connectivity index (χ2v) is 4.56. The van der Waals surface area contributed by atoms with Crippen LogP contribution in [0.4, 0.5) is 0 Å². The van der Waals surface area contributed by atoms with Crippen LogP contribution < -0.4 is 0 Å². The van der Waals surface area contributed by atoms with Crippen LogP contribution in [-0.4, -0.2) is 15.1 Å². The second-order valence-electron chi connectivity index (χ2n) is 4.56. The molecule has 2 aromatic rings. The van der Waals surface area contributed by atoms with Crippen LogP contribution in [-0.2, 0) is 12.0 Å². The van der Waals surface area contributed by atoms with Gasteiger partial charge in [-0.1, -0.05) is 30.3 Å². The Kier molecular flexibility index (Phi) is 3.20. The van der Waals surface area contributed by atoms with Gasteiger partial charge in [0.25, 0.3) is 0 Å². The molecule has 1 heterocycles. The van der Waals surface area contributed by atoms with E-state index in [9.17, 15) is 0 Å². The van der Waals surface area contributed by atoms with Crippen LogP contribution in [0.5, 0.6) is 0 Å². The predicted molar refractivity (Wildman–Crippen MR) is 66.5 cm³/mol. The first kappa shape index (κ1) is 11.7. The quantitative estimate of drug-likeness (QED) is 0.876. The summed E-state index contributed by atoms with van der Waals surface area (Å²) in [6, 6.07) is 10.2. The van der Waals surface area contributed by atoms with Gasteiger partial charge in [0.2, 0.25) is 0 Å². The lowest BCUT2D eigenvalue weighted by Gasteiger charge is -2.23. The highest BCUT2D eigenvalue weighted by Crippen LogP contribution is 2.28. The fourth-order valence-corrected chi connectivity index (χ4v) is 1.74. The summed E-state index contributed by atoms with van der Waals surface area (Å²) in [6.07, 6.45) is 3.35. The van der Waals surface area contributed by atoms with E-state index in [0.717, 1.165) is 11.4 Å². The van der Waals surface area contributed by atoms with Crippen LogP contribution in [0.2, 0.25) is 0 Å². The first-order chi connectivity index (χ1) is 8.14. The molecule has 3 heteroatoms. The van der Waals surface area contributed by atoms with E-state index >= 15 is 0 Å². The molecular weight excluding hydrogens is 212 g/mol. The molecule has 0 radical (unpaired) electrons. The fraction of sp³-hybridized carbons (Fsp3) is 0.286. The Balaban J connectivity index is 2.37. The molecule has 1 N–H and O–H groups in total. The van der Waals surface area contributed by atoms with Gasteiger partial charge in [0.1, 0.15) is 5.82 Å². The molecule has 3 nitrogen and oxygen atoms in total. The number of aliphatic hydroxyl groups is 1. The summed E-state index contributed by atoms with van der Waals surface area (Å²) in [5.41, 5.74) is 1.68. The Morgan fingerprint density at radius 2 is 1.65 bits per heavy atom. The maximum atomic E-state index is 8.97. The maximum absolute atomic E-state index is 8.97. The Bertz CT molecular complexity index is 477. The maximum Gasteiger partial charge on any atom is 0.138 e. The summed E-state index contributed by atoms with van der Waals surface area (Å²) >= 11 is 0. The number of hydrogen-bond donors (Lipinski definition) is 1. The minimum absolute atomic E-state index is 0.0218. The minimum Gasteiger partial charge on any atom is -0.392 e. The number of aromatic nitrogens is 2. The largest absolute Gasteiger partial charge is 0.392 e. The summed E-state index contributed by atoms with van der Waals surface area (Å²) in [4.78, 5) is 8.65. The van der Waals surface area contributed by atoms with Crippen molar-refractivity contribution in [2.45, 2.75) is 25.9 Å². The summed E-state index contributed by atoms with van der Waals surface area (Å²) in [5.74, 6) is 0.765. The van der Waals surface area contributed by atoms with Gasteiger partial charge < -0.3 is 5.11 Å². The SMILES string of the molecule is CC(C)(c1ccccc1)c1ncc(CO)cn1. The van der Waals surface area contributed by atoms with Gasteiger partial charge in [-0.05, 0) is 19.4 Å². The van der Waals surface area contributed by atoms with Crippen LogP contribution in [0, 0.1) is 0 Å². The van der Waals surface area contributed by atoms with E-state index in [-0.39, 0.29) is 12.0 Å². The van der Waals surface area contributed by atoms with Crippen molar-refractivity contribution in [3.63, 3.8) is 0 Å². The molecule has 0 saturated heterocycles. The topological polar surface area (TPSA) is 46.0 Å². The van der Waals surface area contributed by atoms with Crippen molar-refractivity contribution in [2.75, 3.05) is 0 Å². The molecular formula is C14H16N2O. The predicted octanol–water partition coefficient (Wildman–Crippen LogP) is 2.29. The van der Waals surface area contributed by atoms with Gasteiger partial charge in [-0.2, -0.15) is 0 Å². The highest BCUT2D eigenvalue weighted by Gasteiger charge is 2.25. The standard InChI is InChI=1S/C14H16N2O/c1-14(2,12-6-4-3-5-7-12)13-15-8-11(10-17)9-16-13/h3-9,17H,10H2,1-2H3. The van der Waals surface area contributed by atoms with Gasteiger partial charge in [0.05, 0.1) is 6.61 Å². The monoisotopic (exact) mass is 228 g/mol. The molecule has 0 atom stereocenters. The van der Waals surface area contributed by atoms with Gasteiger partial charge in [-0.25, -0.2) is 9.97 Å². The van der Waals surface area contributed by atoms with E-state index in [2.05, 4.69) is 35.9 Å². The van der Waals surface area contributed by atoms with E-state index in [1.54, 1.807) is 12.4 Å². The van der Waals surface area contributed by atoms with Crippen LogP contribution in [0.15, 0.2) is 42.7 Å². The van der Waals surface area contributed by atoms with E-state index in [0.29, 0.717) is 0 Å². The van der Waals surface area contributed by atoms with E-state index in [4.69, 9.17) is 5.11 Å². The van der Waals surface area contributed by atoms with Crippen molar-refractivity contribution < 1.29 is 5.11 Å². The van der Waals surface area contributed by atoms with E-state index in [1.165, 1.54) is 5.56 Å². The third-order valence-corrected chi connectivity index (χ3v) is 2.94. The molecule has 0 spiro atoms. The van der Waals surface area contributed by atoms with Gasteiger partial charge >= 0.3 is 0 Å². The molecule has 0 unspecified atom stereocenters. The van der Waals surface area contributed by atoms with Crippen LogP contribution >= 0.6 is 0 Å². The summed E-state index contributed by atoms with van der Waals surface area (Å²) < 4.78 is 0. The summed E-state index contributed by atoms with van der Waals surface area (Å²) in [5, 5.41) is 8.97. The van der Waals surface area contributed by atoms with Gasteiger partial charge in [-0.3, -0.25) is 0 Å². The average molecular weight is 228 g/mol. The number of rotatable bonds is 3. The van der Waals surface area contributed by atoms with Crippen molar-refractivity contribution in [1.29, 1.82) is 0 Å². The third-order valence-electron chi connectivity index (χ3n) is 2.94. The number of hydrogen-bond acceptors (Lipinski definition) is 3. The first-order valence-electron chi connectivity index (χ1n) is 5.62. The lowest BCUT2D eigenvalue weighted by molar-refractivity contribution is 0.280. The van der Waals surface area contributed by atoms with E-state index in [1.807, 2.05) is 18.2 Å². The van der Waals surface area contributed by atoms with Crippen molar-refractivity contribution in [2.24, 2.45) is 0 Å². The third kappa shape index (κ3) is 2.34. The van der Waals surface area contributed by atoms with Crippen molar-refractivity contribution in [1.82, 2.24) is 9.97 Å². The Morgan fingerprint density at radius 3 is 2.18 bits per heavy atom. The lowest BCUT2D eigenvalue weighted by atomic mass is 9.84. The van der Waals surface area contributed by atoms with Gasteiger partial charge in [0, 0.05) is 23.4 Å². The molecule has 1 aromatic heterocycles. The van der Waals surface area contributed by atoms with Crippen LogP contribution in [0.3, 0.4) is 0 Å². The zero-order valence-electron chi connectivity index (χ0n) is 10.1. The Labute approximate surface area is 101 Å². The molecule has 0 aliphatic heterocycles. The smallest absolute Gasteiger partial charge is 0.138 e. The van der Waals surface area contributed by atoms with E-state index < -0.39 is 0 Å². The fourth-order valence-electron chi connectivity index (χ4n) is 1.74. The zero-order valence-corrected chi connectivity index (χ0v) is 10.1. The molecule has 0 aliphatic rings. The van der Waals surface area contributed by atoms with Gasteiger partial charge in [-0.15, -0.1) is 0 Å². The second kappa shape index (κ2) is 4.63. The molecule has 2 rings (SSSR count). The molecule has 88 valence electrons. The highest BCUT2D eigenvalue weighted by atomic mass is 16.3. The van der Waals surface area contributed by atoms with Crippen molar-refractivity contribution in [3.05, 3.63) is 59.7 Å². The lowest BCUT2D eigenvalue weighted by Crippen LogP contribution is -2.22. The molecule has 17 heavy (non-hydrogen) atoms. The van der Waals surface area contributed by atoms with Crippen molar-refractivity contribution in [3.8, 4) is 0 Å². The number of aliphatic hydroxyl groups excluding tert-OH is 1. The average Bonchev–Trinajstić information content (AvgIpc) is 2.40. The molecule has 1 aromatic carbocycles. The first-order valence-corrected chi connectivity index (χ1v) is 5.62. The molecule has 0 aliphatic carbocycles. The molecule has 0 amide bonds. The Morgan fingerprint density at radius 1 is 1.06 bits per heavy atom. The minimum atomic E-state index is -0.227. The summed E-state index contributed by atoms with van der Waals surface area (Å²) in [7, 11) is 0. The number of nitrogens with zero attached hydrogens (tertiary/aromatic N) is 2.